The minimum atomic E-state index is 0.612. The third-order valence-electron chi connectivity index (χ3n) is 3.34. The van der Waals surface area contributed by atoms with Gasteiger partial charge in [-0.05, 0) is 37.0 Å². The van der Waals surface area contributed by atoms with Crippen LogP contribution in [0.1, 0.15) is 25.3 Å². The molecule has 0 spiro atoms. The first kappa shape index (κ1) is 14.3. The number of ether oxygens (including phenoxy) is 1. The number of benzene rings is 1. The first-order chi connectivity index (χ1) is 9.31. The molecule has 0 radical (unpaired) electrons. The number of aliphatic imine (C=N–C) groups is 1. The lowest BCUT2D eigenvalue weighted by atomic mass is 10.1. The maximum absolute atomic E-state index is 5.15. The van der Waals surface area contributed by atoms with Crippen LogP contribution >= 0.6 is 11.8 Å². The Labute approximate surface area is 119 Å². The van der Waals surface area contributed by atoms with E-state index in [9.17, 15) is 0 Å². The minimum Gasteiger partial charge on any atom is -0.497 e. The topological polar surface area (TPSA) is 33.6 Å². The van der Waals surface area contributed by atoms with E-state index in [1.54, 1.807) is 7.11 Å². The number of hydrogen-bond donors (Lipinski definition) is 1. The summed E-state index contributed by atoms with van der Waals surface area (Å²) in [5.74, 6) is 2.10. The molecule has 1 aromatic carbocycles. The number of thioether (sulfide) groups is 1. The van der Waals surface area contributed by atoms with Crippen molar-refractivity contribution < 1.29 is 4.74 Å². The summed E-state index contributed by atoms with van der Waals surface area (Å²) in [7, 11) is 1.69. The number of amidine groups is 1. The van der Waals surface area contributed by atoms with Gasteiger partial charge in [0, 0.05) is 18.3 Å². The molecule has 0 saturated carbocycles. The van der Waals surface area contributed by atoms with Gasteiger partial charge in [0.2, 0.25) is 0 Å². The van der Waals surface area contributed by atoms with Crippen LogP contribution in [0.25, 0.3) is 0 Å². The number of nitrogens with one attached hydrogen (secondary N) is 1. The van der Waals surface area contributed by atoms with Crippen LogP contribution in [0.15, 0.2) is 29.3 Å². The summed E-state index contributed by atoms with van der Waals surface area (Å²) in [6.07, 6.45) is 3.41. The van der Waals surface area contributed by atoms with E-state index >= 15 is 0 Å². The maximum Gasteiger partial charge on any atom is 0.156 e. The predicted molar refractivity (Wildman–Crippen MR) is 83.3 cm³/mol. The molecule has 19 heavy (non-hydrogen) atoms. The second-order valence-corrected chi connectivity index (χ2v) is 5.76. The lowest BCUT2D eigenvalue weighted by Gasteiger charge is -2.24. The molecule has 2 rings (SSSR count). The van der Waals surface area contributed by atoms with Gasteiger partial charge in [0.25, 0.3) is 0 Å². The highest BCUT2D eigenvalue weighted by atomic mass is 32.2. The van der Waals surface area contributed by atoms with Crippen molar-refractivity contribution in [1.29, 1.82) is 0 Å². The quantitative estimate of drug-likeness (QED) is 0.898. The van der Waals surface area contributed by atoms with E-state index in [0.717, 1.165) is 23.9 Å². The Morgan fingerprint density at radius 3 is 2.84 bits per heavy atom. The van der Waals surface area contributed by atoms with E-state index < -0.39 is 0 Å². The molecule has 1 heterocycles. The van der Waals surface area contributed by atoms with Gasteiger partial charge in [-0.1, -0.05) is 30.8 Å². The van der Waals surface area contributed by atoms with Crippen LogP contribution in [0.4, 0.5) is 0 Å². The van der Waals surface area contributed by atoms with Gasteiger partial charge < -0.3 is 10.1 Å². The lowest BCUT2D eigenvalue weighted by molar-refractivity contribution is 0.414. The summed E-state index contributed by atoms with van der Waals surface area (Å²) in [6, 6.07) is 8.83. The molecule has 0 bridgehead atoms. The van der Waals surface area contributed by atoms with Crippen LogP contribution in [0, 0.1) is 0 Å². The van der Waals surface area contributed by atoms with Gasteiger partial charge in [-0.3, -0.25) is 4.99 Å². The molecule has 1 aliphatic heterocycles. The maximum atomic E-state index is 5.15. The van der Waals surface area contributed by atoms with Gasteiger partial charge in [-0.15, -0.1) is 0 Å². The molecular formula is C15H22N2OS. The minimum absolute atomic E-state index is 0.612. The Balaban J connectivity index is 1.81. The highest BCUT2D eigenvalue weighted by molar-refractivity contribution is 8.13. The van der Waals surface area contributed by atoms with E-state index in [0.29, 0.717) is 6.04 Å². The van der Waals surface area contributed by atoms with E-state index in [1.165, 1.54) is 24.2 Å². The number of hydrogen-bond acceptors (Lipinski definition) is 3. The molecule has 0 aliphatic carbocycles. The monoisotopic (exact) mass is 278 g/mol. The molecule has 104 valence electrons. The zero-order chi connectivity index (χ0) is 13.5. The average molecular weight is 278 g/mol. The van der Waals surface area contributed by atoms with Crippen LogP contribution < -0.4 is 10.1 Å². The van der Waals surface area contributed by atoms with Crippen molar-refractivity contribution in [3.8, 4) is 5.75 Å². The molecule has 0 amide bonds. The summed E-state index contributed by atoms with van der Waals surface area (Å²) in [5, 5.41) is 4.62. The zero-order valence-corrected chi connectivity index (χ0v) is 12.5. The molecule has 1 fully saturated rings. The fraction of sp³-hybridized carbons (Fsp3) is 0.533. The van der Waals surface area contributed by atoms with Crippen LogP contribution in [0.2, 0.25) is 0 Å². The third-order valence-corrected chi connectivity index (χ3v) is 4.30. The van der Waals surface area contributed by atoms with Gasteiger partial charge in [0.05, 0.1) is 7.11 Å². The molecule has 1 aromatic rings. The number of methoxy groups -OCH3 is 1. The molecule has 1 unspecified atom stereocenters. The number of nitrogens with zero attached hydrogens (tertiary/aromatic N) is 1. The van der Waals surface area contributed by atoms with Gasteiger partial charge in [-0.25, -0.2) is 0 Å². The molecule has 4 heteroatoms. The standard InChI is InChI=1S/C15H22N2OS/c1-3-13-9-11-19-15(17-13)16-10-8-12-4-6-14(18-2)7-5-12/h4-7,13H,3,8-11H2,1-2H3,(H,16,17). The Morgan fingerprint density at radius 1 is 1.37 bits per heavy atom. The highest BCUT2D eigenvalue weighted by Gasteiger charge is 2.14. The summed E-state index contributed by atoms with van der Waals surface area (Å²) in [6.45, 7) is 3.07. The second-order valence-electron chi connectivity index (χ2n) is 4.67. The van der Waals surface area contributed by atoms with Gasteiger partial charge in [0.15, 0.2) is 5.17 Å². The first-order valence-corrected chi connectivity index (χ1v) is 7.87. The smallest absolute Gasteiger partial charge is 0.156 e. The highest BCUT2D eigenvalue weighted by Crippen LogP contribution is 2.16. The Hall–Kier alpha value is -1.16. The molecule has 1 aliphatic rings. The van der Waals surface area contributed by atoms with Crippen LogP contribution in [-0.2, 0) is 6.42 Å². The van der Waals surface area contributed by atoms with Crippen molar-refractivity contribution in [1.82, 2.24) is 5.32 Å². The van der Waals surface area contributed by atoms with E-state index in [1.807, 2.05) is 23.9 Å². The molecule has 1 saturated heterocycles. The second kappa shape index (κ2) is 7.43. The van der Waals surface area contributed by atoms with Gasteiger partial charge in [0.1, 0.15) is 5.75 Å². The van der Waals surface area contributed by atoms with Crippen LogP contribution in [0.5, 0.6) is 5.75 Å². The van der Waals surface area contributed by atoms with Crippen LogP contribution in [0.3, 0.4) is 0 Å². The Morgan fingerprint density at radius 2 is 2.16 bits per heavy atom. The van der Waals surface area contributed by atoms with Gasteiger partial charge in [-0.2, -0.15) is 0 Å². The average Bonchev–Trinajstić information content (AvgIpc) is 2.48. The lowest BCUT2D eigenvalue weighted by Crippen LogP contribution is -2.37. The summed E-state index contributed by atoms with van der Waals surface area (Å²) >= 11 is 1.84. The largest absolute Gasteiger partial charge is 0.497 e. The van der Waals surface area contributed by atoms with E-state index in [-0.39, 0.29) is 0 Å². The zero-order valence-electron chi connectivity index (χ0n) is 11.7. The van der Waals surface area contributed by atoms with Crippen LogP contribution in [-0.4, -0.2) is 30.6 Å². The predicted octanol–water partition coefficient (Wildman–Crippen LogP) is 3.10. The Bertz CT molecular complexity index is 417. The first-order valence-electron chi connectivity index (χ1n) is 6.88. The molecule has 0 aromatic heterocycles. The summed E-state index contributed by atoms with van der Waals surface area (Å²) < 4.78 is 5.15. The molecule has 3 nitrogen and oxygen atoms in total. The van der Waals surface area contributed by atoms with E-state index in [4.69, 9.17) is 4.74 Å². The molecular weight excluding hydrogens is 256 g/mol. The van der Waals surface area contributed by atoms with Gasteiger partial charge >= 0.3 is 0 Å². The van der Waals surface area contributed by atoms with E-state index in [2.05, 4.69) is 29.4 Å². The molecule has 1 atom stereocenters. The molecule has 1 N–H and O–H groups in total. The van der Waals surface area contributed by atoms with Crippen molar-refractivity contribution in [2.75, 3.05) is 19.4 Å². The van der Waals surface area contributed by atoms with Crippen molar-refractivity contribution in [3.05, 3.63) is 29.8 Å². The fourth-order valence-corrected chi connectivity index (χ4v) is 3.09. The number of rotatable bonds is 5. The van der Waals surface area contributed by atoms with Crippen molar-refractivity contribution in [3.63, 3.8) is 0 Å². The Kier molecular flexibility index (Phi) is 5.58. The fourth-order valence-electron chi connectivity index (χ4n) is 2.06. The van der Waals surface area contributed by atoms with Crippen molar-refractivity contribution in [2.24, 2.45) is 4.99 Å². The third kappa shape index (κ3) is 4.46. The normalized spacial score (nSPS) is 21.2. The summed E-state index contributed by atoms with van der Waals surface area (Å²) in [5.41, 5.74) is 1.30. The van der Waals surface area contributed by atoms with Crippen molar-refractivity contribution >= 4 is 16.9 Å². The SMILES string of the molecule is CCC1CCSC(=NCCc2ccc(OC)cc2)N1. The summed E-state index contributed by atoms with van der Waals surface area (Å²) in [4.78, 5) is 4.66. The van der Waals surface area contributed by atoms with Crippen molar-refractivity contribution in [2.45, 2.75) is 32.2 Å².